The van der Waals surface area contributed by atoms with Gasteiger partial charge in [0.1, 0.15) is 0 Å². The van der Waals surface area contributed by atoms with Crippen LogP contribution in [0.15, 0.2) is 35.2 Å². The first-order valence-corrected chi connectivity index (χ1v) is 6.60. The maximum Gasteiger partial charge on any atom is 0.303 e. The van der Waals surface area contributed by atoms with Crippen LogP contribution in [0.1, 0.15) is 13.8 Å². The van der Waals surface area contributed by atoms with Gasteiger partial charge in [0.15, 0.2) is 6.10 Å². The Morgan fingerprint density at radius 1 is 1.22 bits per heavy atom. The van der Waals surface area contributed by atoms with Gasteiger partial charge in [-0.25, -0.2) is 13.1 Å². The topological polar surface area (TPSA) is 89.5 Å². The van der Waals surface area contributed by atoms with E-state index in [2.05, 4.69) is 4.74 Å². The van der Waals surface area contributed by atoms with Crippen LogP contribution in [0.4, 0.5) is 0 Å². The lowest BCUT2D eigenvalue weighted by Crippen LogP contribution is -2.39. The van der Waals surface area contributed by atoms with Gasteiger partial charge in [0, 0.05) is 6.92 Å². The van der Waals surface area contributed by atoms with Crippen molar-refractivity contribution in [3.63, 3.8) is 0 Å². The SMILES string of the molecule is CC(=O)OC(C)C(=O)NS(=O)(=O)c1ccccc1. The van der Waals surface area contributed by atoms with Gasteiger partial charge in [-0.15, -0.1) is 0 Å². The minimum absolute atomic E-state index is 0.0339. The molecule has 7 heteroatoms. The Kier molecular flexibility index (Phi) is 4.43. The molecule has 0 fully saturated rings. The van der Waals surface area contributed by atoms with E-state index < -0.39 is 28.0 Å². The van der Waals surface area contributed by atoms with Crippen molar-refractivity contribution in [3.8, 4) is 0 Å². The van der Waals surface area contributed by atoms with Gasteiger partial charge < -0.3 is 4.74 Å². The van der Waals surface area contributed by atoms with Crippen molar-refractivity contribution < 1.29 is 22.7 Å². The second kappa shape index (κ2) is 5.63. The van der Waals surface area contributed by atoms with E-state index in [9.17, 15) is 18.0 Å². The summed E-state index contributed by atoms with van der Waals surface area (Å²) in [5.41, 5.74) is 0. The van der Waals surface area contributed by atoms with E-state index in [1.165, 1.54) is 31.2 Å². The van der Waals surface area contributed by atoms with Gasteiger partial charge in [-0.05, 0) is 19.1 Å². The maximum absolute atomic E-state index is 11.8. The molecule has 0 spiro atoms. The Morgan fingerprint density at radius 2 is 1.78 bits per heavy atom. The Bertz CT molecular complexity index is 538. The lowest BCUT2D eigenvalue weighted by atomic mass is 10.4. The fourth-order valence-corrected chi connectivity index (χ4v) is 2.24. The molecule has 98 valence electrons. The number of carbonyl (C=O) groups excluding carboxylic acids is 2. The standard InChI is InChI=1S/C11H13NO5S/c1-8(17-9(2)13)11(14)12-18(15,16)10-6-4-3-5-7-10/h3-8H,1-2H3,(H,12,14). The van der Waals surface area contributed by atoms with Crippen LogP contribution in [-0.4, -0.2) is 26.4 Å². The average molecular weight is 271 g/mol. The first-order chi connectivity index (χ1) is 8.33. The summed E-state index contributed by atoms with van der Waals surface area (Å²) in [5, 5.41) is 0. The minimum Gasteiger partial charge on any atom is -0.453 e. The average Bonchev–Trinajstić information content (AvgIpc) is 2.28. The van der Waals surface area contributed by atoms with Crippen LogP contribution < -0.4 is 4.72 Å². The smallest absolute Gasteiger partial charge is 0.303 e. The molecule has 0 aromatic heterocycles. The minimum atomic E-state index is -3.93. The van der Waals surface area contributed by atoms with Gasteiger partial charge in [-0.3, -0.25) is 9.59 Å². The number of nitrogens with one attached hydrogen (secondary N) is 1. The van der Waals surface area contributed by atoms with Gasteiger partial charge in [0.05, 0.1) is 4.90 Å². The van der Waals surface area contributed by atoms with Crippen molar-refractivity contribution in [2.24, 2.45) is 0 Å². The van der Waals surface area contributed by atoms with E-state index in [0.717, 1.165) is 6.92 Å². The predicted octanol–water partition coefficient (Wildman–Crippen LogP) is 0.443. The first kappa shape index (κ1) is 14.2. The highest BCUT2D eigenvalue weighted by atomic mass is 32.2. The van der Waals surface area contributed by atoms with E-state index in [1.54, 1.807) is 6.07 Å². The largest absolute Gasteiger partial charge is 0.453 e. The first-order valence-electron chi connectivity index (χ1n) is 5.12. The normalized spacial score (nSPS) is 12.6. The van der Waals surface area contributed by atoms with E-state index in [4.69, 9.17) is 0 Å². The summed E-state index contributed by atoms with van der Waals surface area (Å²) in [6.07, 6.45) is -1.17. The molecule has 1 aromatic rings. The molecular weight excluding hydrogens is 258 g/mol. The summed E-state index contributed by atoms with van der Waals surface area (Å²) < 4.78 is 29.9. The molecule has 6 nitrogen and oxygen atoms in total. The van der Waals surface area contributed by atoms with Gasteiger partial charge in [-0.2, -0.15) is 0 Å². The third kappa shape index (κ3) is 3.85. The van der Waals surface area contributed by atoms with Crippen molar-refractivity contribution in [2.75, 3.05) is 0 Å². The number of carbonyl (C=O) groups is 2. The highest BCUT2D eigenvalue weighted by Gasteiger charge is 2.23. The van der Waals surface area contributed by atoms with Crippen LogP contribution in [0.3, 0.4) is 0 Å². The summed E-state index contributed by atoms with van der Waals surface area (Å²) in [6.45, 7) is 2.42. The zero-order chi connectivity index (χ0) is 13.8. The van der Waals surface area contributed by atoms with E-state index in [0.29, 0.717) is 0 Å². The number of esters is 1. The van der Waals surface area contributed by atoms with Crippen LogP contribution in [-0.2, 0) is 24.3 Å². The molecule has 0 radical (unpaired) electrons. The Labute approximate surface area is 105 Å². The molecule has 0 aliphatic rings. The van der Waals surface area contributed by atoms with Crippen LogP contribution in [0.5, 0.6) is 0 Å². The van der Waals surface area contributed by atoms with Gasteiger partial charge in [0.2, 0.25) is 0 Å². The van der Waals surface area contributed by atoms with E-state index in [-0.39, 0.29) is 4.90 Å². The molecular formula is C11H13NO5S. The van der Waals surface area contributed by atoms with Crippen LogP contribution >= 0.6 is 0 Å². The molecule has 0 aliphatic heterocycles. The quantitative estimate of drug-likeness (QED) is 0.803. The zero-order valence-electron chi connectivity index (χ0n) is 9.91. The fraction of sp³-hybridized carbons (Fsp3) is 0.273. The summed E-state index contributed by atoms with van der Waals surface area (Å²) in [7, 11) is -3.93. The summed E-state index contributed by atoms with van der Waals surface area (Å²) >= 11 is 0. The van der Waals surface area contributed by atoms with Gasteiger partial charge in [0.25, 0.3) is 15.9 Å². The van der Waals surface area contributed by atoms with Crippen LogP contribution in [0, 0.1) is 0 Å². The summed E-state index contributed by atoms with van der Waals surface area (Å²) in [5.74, 6) is -1.55. The highest BCUT2D eigenvalue weighted by molar-refractivity contribution is 7.90. The molecule has 0 saturated heterocycles. The Morgan fingerprint density at radius 3 is 2.28 bits per heavy atom. The van der Waals surface area contributed by atoms with E-state index in [1.807, 2.05) is 4.72 Å². The third-order valence-electron chi connectivity index (χ3n) is 2.00. The molecule has 0 aliphatic carbocycles. The number of rotatable bonds is 4. The van der Waals surface area contributed by atoms with E-state index >= 15 is 0 Å². The Balaban J connectivity index is 2.79. The number of amides is 1. The number of sulfonamides is 1. The maximum atomic E-state index is 11.8. The predicted molar refractivity (Wildman–Crippen MR) is 63.0 cm³/mol. The molecule has 1 aromatic carbocycles. The van der Waals surface area contributed by atoms with Gasteiger partial charge >= 0.3 is 5.97 Å². The second-order valence-corrected chi connectivity index (χ2v) is 5.22. The number of hydrogen-bond donors (Lipinski definition) is 1. The van der Waals surface area contributed by atoms with Crippen LogP contribution in [0.2, 0.25) is 0 Å². The second-order valence-electron chi connectivity index (χ2n) is 3.53. The molecule has 1 rings (SSSR count). The number of ether oxygens (including phenoxy) is 1. The highest BCUT2D eigenvalue weighted by Crippen LogP contribution is 2.07. The van der Waals surface area contributed by atoms with Crippen molar-refractivity contribution in [1.29, 1.82) is 0 Å². The van der Waals surface area contributed by atoms with Crippen molar-refractivity contribution in [3.05, 3.63) is 30.3 Å². The summed E-state index contributed by atoms with van der Waals surface area (Å²) in [6, 6.07) is 7.43. The van der Waals surface area contributed by atoms with Gasteiger partial charge in [-0.1, -0.05) is 18.2 Å². The lowest BCUT2D eigenvalue weighted by molar-refractivity contribution is -0.152. The monoisotopic (exact) mass is 271 g/mol. The molecule has 18 heavy (non-hydrogen) atoms. The Hall–Kier alpha value is -1.89. The molecule has 1 N–H and O–H groups in total. The lowest BCUT2D eigenvalue weighted by Gasteiger charge is -2.12. The molecule has 1 amide bonds. The number of hydrogen-bond acceptors (Lipinski definition) is 5. The molecule has 0 bridgehead atoms. The molecule has 1 atom stereocenters. The van der Waals surface area contributed by atoms with Crippen molar-refractivity contribution in [2.45, 2.75) is 24.8 Å². The molecule has 0 heterocycles. The molecule has 0 saturated carbocycles. The van der Waals surface area contributed by atoms with Crippen molar-refractivity contribution >= 4 is 21.9 Å². The summed E-state index contributed by atoms with van der Waals surface area (Å²) in [4.78, 5) is 22.1. The number of benzene rings is 1. The fourth-order valence-electron chi connectivity index (χ4n) is 1.18. The third-order valence-corrected chi connectivity index (χ3v) is 3.36. The zero-order valence-corrected chi connectivity index (χ0v) is 10.7. The van der Waals surface area contributed by atoms with Crippen molar-refractivity contribution in [1.82, 2.24) is 4.72 Å². The van der Waals surface area contributed by atoms with Crippen LogP contribution in [0.25, 0.3) is 0 Å². The molecule has 1 unspecified atom stereocenters.